The predicted octanol–water partition coefficient (Wildman–Crippen LogP) is 2.62. The lowest BCUT2D eigenvalue weighted by Crippen LogP contribution is -2.22. The van der Waals surface area contributed by atoms with Crippen LogP contribution in [0.1, 0.15) is 21.5 Å². The highest BCUT2D eigenvalue weighted by Gasteiger charge is 2.29. The number of alkyl halides is 3. The minimum Gasteiger partial charge on any atom is -0.364 e. The van der Waals surface area contributed by atoms with Crippen molar-refractivity contribution in [2.75, 3.05) is 0 Å². The maximum absolute atomic E-state index is 12.3. The number of halogens is 3. The van der Waals surface area contributed by atoms with Crippen LogP contribution in [-0.2, 0) is 12.7 Å². The third-order valence-electron chi connectivity index (χ3n) is 2.43. The number of carbonyl (C=O) groups excluding carboxylic acids is 1. The second-order valence-corrected chi connectivity index (χ2v) is 3.79. The van der Waals surface area contributed by atoms with Gasteiger partial charge < -0.3 is 9.84 Å². The lowest BCUT2D eigenvalue weighted by atomic mass is 10.1. The molecule has 0 atom stereocenters. The molecule has 0 radical (unpaired) electrons. The summed E-state index contributed by atoms with van der Waals surface area (Å²) >= 11 is 0. The molecular weight excluding hydrogens is 261 g/mol. The molecule has 1 amide bonds. The highest BCUT2D eigenvalue weighted by atomic mass is 19.4. The molecule has 2 aromatic rings. The summed E-state index contributed by atoms with van der Waals surface area (Å²) in [5.74, 6) is -0.402. The summed E-state index contributed by atoms with van der Waals surface area (Å²) in [6.07, 6.45) is -1.92. The van der Waals surface area contributed by atoms with Crippen molar-refractivity contribution in [2.24, 2.45) is 0 Å². The van der Waals surface area contributed by atoms with E-state index in [0.29, 0.717) is 5.56 Å². The van der Waals surface area contributed by atoms with E-state index >= 15 is 0 Å². The molecule has 2 rings (SSSR count). The molecule has 100 valence electrons. The number of nitrogens with zero attached hydrogens (tertiary/aromatic N) is 1. The minimum absolute atomic E-state index is 0.127. The van der Waals surface area contributed by atoms with Crippen molar-refractivity contribution < 1.29 is 22.5 Å². The molecule has 0 spiro atoms. The van der Waals surface area contributed by atoms with Gasteiger partial charge in [-0.25, -0.2) is 0 Å². The molecular formula is C12H9F3N2O2. The molecule has 0 saturated heterocycles. The highest BCUT2D eigenvalue weighted by molar-refractivity contribution is 5.93. The average molecular weight is 270 g/mol. The molecule has 0 fully saturated rings. The van der Waals surface area contributed by atoms with E-state index in [9.17, 15) is 18.0 Å². The summed E-state index contributed by atoms with van der Waals surface area (Å²) in [5.41, 5.74) is 0.103. The quantitative estimate of drug-likeness (QED) is 0.932. The standard InChI is InChI=1S/C12H9F3N2O2/c13-12(14,15)10-3-1-8(2-4-10)5-16-11(18)9-6-17-19-7-9/h1-4,6-7H,5H2,(H,16,18). The van der Waals surface area contributed by atoms with Crippen LogP contribution in [0.25, 0.3) is 0 Å². The van der Waals surface area contributed by atoms with Gasteiger partial charge in [0.05, 0.1) is 17.3 Å². The Labute approximate surface area is 106 Å². The van der Waals surface area contributed by atoms with Crippen molar-refractivity contribution in [3.05, 3.63) is 53.4 Å². The summed E-state index contributed by atoms with van der Waals surface area (Å²) in [5, 5.41) is 5.92. The fraction of sp³-hybridized carbons (Fsp3) is 0.167. The van der Waals surface area contributed by atoms with Gasteiger partial charge >= 0.3 is 6.18 Å². The zero-order valence-electron chi connectivity index (χ0n) is 9.57. The van der Waals surface area contributed by atoms with E-state index in [0.717, 1.165) is 12.1 Å². The smallest absolute Gasteiger partial charge is 0.364 e. The first-order valence-corrected chi connectivity index (χ1v) is 5.30. The predicted molar refractivity (Wildman–Crippen MR) is 59.1 cm³/mol. The summed E-state index contributed by atoms with van der Waals surface area (Å²) in [7, 11) is 0. The largest absolute Gasteiger partial charge is 0.416 e. The van der Waals surface area contributed by atoms with Crippen LogP contribution < -0.4 is 5.32 Å². The van der Waals surface area contributed by atoms with Crippen LogP contribution in [0.5, 0.6) is 0 Å². The van der Waals surface area contributed by atoms with Crippen LogP contribution in [0, 0.1) is 0 Å². The summed E-state index contributed by atoms with van der Waals surface area (Å²) in [6.45, 7) is 0.127. The lowest BCUT2D eigenvalue weighted by molar-refractivity contribution is -0.137. The molecule has 4 nitrogen and oxygen atoms in total. The summed E-state index contributed by atoms with van der Waals surface area (Å²) in [6, 6.07) is 4.58. The number of carbonyl (C=O) groups is 1. The van der Waals surface area contributed by atoms with Gasteiger partial charge in [-0.2, -0.15) is 13.2 Å². The van der Waals surface area contributed by atoms with Crippen LogP contribution in [0.15, 0.2) is 41.2 Å². The van der Waals surface area contributed by atoms with Crippen molar-refractivity contribution >= 4 is 5.91 Å². The first kappa shape index (κ1) is 13.1. The second-order valence-electron chi connectivity index (χ2n) is 3.79. The van der Waals surface area contributed by atoms with Crippen molar-refractivity contribution in [2.45, 2.75) is 12.7 Å². The summed E-state index contributed by atoms with van der Waals surface area (Å²) in [4.78, 5) is 11.5. The normalized spacial score (nSPS) is 11.3. The van der Waals surface area contributed by atoms with Gasteiger partial charge in [0.2, 0.25) is 0 Å². The van der Waals surface area contributed by atoms with Crippen molar-refractivity contribution in [3.63, 3.8) is 0 Å². The third kappa shape index (κ3) is 3.34. The molecule has 7 heteroatoms. The SMILES string of the molecule is O=C(NCc1ccc(C(F)(F)F)cc1)c1cnoc1. The lowest BCUT2D eigenvalue weighted by Gasteiger charge is -2.08. The Hall–Kier alpha value is -2.31. The number of amides is 1. The number of aromatic nitrogens is 1. The first-order chi connectivity index (χ1) is 8.97. The van der Waals surface area contributed by atoms with Crippen LogP contribution in [0.2, 0.25) is 0 Å². The molecule has 1 aromatic heterocycles. The number of hydrogen-bond acceptors (Lipinski definition) is 3. The maximum atomic E-state index is 12.3. The number of rotatable bonds is 3. The minimum atomic E-state index is -4.36. The number of benzene rings is 1. The maximum Gasteiger partial charge on any atom is 0.416 e. The highest BCUT2D eigenvalue weighted by Crippen LogP contribution is 2.28. The topological polar surface area (TPSA) is 55.1 Å². The molecule has 0 aliphatic carbocycles. The molecule has 0 unspecified atom stereocenters. The van der Waals surface area contributed by atoms with Gasteiger partial charge in [-0.15, -0.1) is 0 Å². The van der Waals surface area contributed by atoms with E-state index in [1.54, 1.807) is 0 Å². The molecule has 1 heterocycles. The number of hydrogen-bond donors (Lipinski definition) is 1. The van der Waals surface area contributed by atoms with E-state index in [4.69, 9.17) is 0 Å². The Bertz CT molecular complexity index is 547. The Balaban J connectivity index is 1.95. The molecule has 0 bridgehead atoms. The fourth-order valence-electron chi connectivity index (χ4n) is 1.41. The van der Waals surface area contributed by atoms with Crippen molar-refractivity contribution in [1.29, 1.82) is 0 Å². The molecule has 0 aliphatic heterocycles. The van der Waals surface area contributed by atoms with Crippen LogP contribution in [0.3, 0.4) is 0 Å². The van der Waals surface area contributed by atoms with Crippen LogP contribution in [0.4, 0.5) is 13.2 Å². The third-order valence-corrected chi connectivity index (χ3v) is 2.43. The molecule has 1 aromatic carbocycles. The van der Waals surface area contributed by atoms with E-state index in [2.05, 4.69) is 15.0 Å². The van der Waals surface area contributed by atoms with Gasteiger partial charge in [-0.1, -0.05) is 17.3 Å². The van der Waals surface area contributed by atoms with Crippen LogP contribution in [-0.4, -0.2) is 11.1 Å². The average Bonchev–Trinajstić information content (AvgIpc) is 2.89. The van der Waals surface area contributed by atoms with Crippen molar-refractivity contribution in [3.8, 4) is 0 Å². The van der Waals surface area contributed by atoms with E-state index < -0.39 is 17.6 Å². The van der Waals surface area contributed by atoms with Gasteiger partial charge in [-0.3, -0.25) is 4.79 Å². The first-order valence-electron chi connectivity index (χ1n) is 5.30. The Morgan fingerprint density at radius 1 is 1.26 bits per heavy atom. The van der Waals surface area contributed by atoms with E-state index in [1.165, 1.54) is 24.6 Å². The Kier molecular flexibility index (Phi) is 3.55. The molecule has 19 heavy (non-hydrogen) atoms. The van der Waals surface area contributed by atoms with Crippen LogP contribution >= 0.6 is 0 Å². The van der Waals surface area contributed by atoms with Crippen molar-refractivity contribution in [1.82, 2.24) is 10.5 Å². The fourth-order valence-corrected chi connectivity index (χ4v) is 1.41. The number of nitrogens with one attached hydrogen (secondary N) is 1. The van der Waals surface area contributed by atoms with Gasteiger partial charge in [-0.05, 0) is 17.7 Å². The zero-order chi connectivity index (χ0) is 13.9. The zero-order valence-corrected chi connectivity index (χ0v) is 9.57. The van der Waals surface area contributed by atoms with Gasteiger partial charge in [0.25, 0.3) is 5.91 Å². The Morgan fingerprint density at radius 2 is 1.95 bits per heavy atom. The van der Waals surface area contributed by atoms with E-state index in [-0.39, 0.29) is 12.1 Å². The summed E-state index contributed by atoms with van der Waals surface area (Å²) < 4.78 is 41.5. The van der Waals surface area contributed by atoms with Gasteiger partial charge in [0.1, 0.15) is 6.26 Å². The molecule has 0 aliphatic rings. The molecule has 1 N–H and O–H groups in total. The van der Waals surface area contributed by atoms with E-state index in [1.807, 2.05) is 0 Å². The monoisotopic (exact) mass is 270 g/mol. The van der Waals surface area contributed by atoms with Gasteiger partial charge in [0, 0.05) is 6.54 Å². The molecule has 0 saturated carbocycles. The second kappa shape index (κ2) is 5.13. The van der Waals surface area contributed by atoms with Gasteiger partial charge in [0.15, 0.2) is 0 Å². The Morgan fingerprint density at radius 3 is 2.47 bits per heavy atom.